The highest BCUT2D eigenvalue weighted by molar-refractivity contribution is 5.96. The molecular formula is C9H11F2NO. The molecule has 0 amide bonds. The first-order chi connectivity index (χ1) is 5.91. The maximum atomic E-state index is 12.7. The van der Waals surface area contributed by atoms with Crippen LogP contribution in [0, 0.1) is 0 Å². The van der Waals surface area contributed by atoms with Crippen LogP contribution >= 0.6 is 0 Å². The van der Waals surface area contributed by atoms with E-state index in [4.69, 9.17) is 0 Å². The van der Waals surface area contributed by atoms with Crippen LogP contribution in [-0.2, 0) is 4.79 Å². The number of hydrogen-bond donors (Lipinski definition) is 1. The Labute approximate surface area is 75.3 Å². The third-order valence-corrected chi connectivity index (χ3v) is 1.84. The van der Waals surface area contributed by atoms with Crippen molar-refractivity contribution in [3.63, 3.8) is 0 Å². The van der Waals surface area contributed by atoms with Gasteiger partial charge < -0.3 is 5.32 Å². The molecule has 0 saturated carbocycles. The van der Waals surface area contributed by atoms with Crippen LogP contribution in [0.3, 0.4) is 0 Å². The van der Waals surface area contributed by atoms with Crippen LogP contribution in [0.2, 0.25) is 0 Å². The van der Waals surface area contributed by atoms with Gasteiger partial charge in [0.05, 0.1) is 0 Å². The van der Waals surface area contributed by atoms with Crippen molar-refractivity contribution in [2.45, 2.75) is 25.8 Å². The Balaban J connectivity index is 2.69. The fraction of sp³-hybridized carbons (Fsp3) is 0.444. The molecule has 4 heteroatoms. The summed E-state index contributed by atoms with van der Waals surface area (Å²) in [5, 5.41) is 2.47. The molecule has 1 heterocycles. The second kappa shape index (κ2) is 3.28. The number of carbonyl (C=O) groups is 1. The van der Waals surface area contributed by atoms with Crippen molar-refractivity contribution in [2.24, 2.45) is 0 Å². The summed E-state index contributed by atoms with van der Waals surface area (Å²) < 4.78 is 25.4. The van der Waals surface area contributed by atoms with Gasteiger partial charge >= 0.3 is 0 Å². The van der Waals surface area contributed by atoms with E-state index in [1.165, 1.54) is 25.3 Å². The summed E-state index contributed by atoms with van der Waals surface area (Å²) in [6.45, 7) is 2.23. The first kappa shape index (κ1) is 9.89. The van der Waals surface area contributed by atoms with Crippen molar-refractivity contribution in [1.82, 2.24) is 5.32 Å². The number of carbonyl (C=O) groups excluding carboxylic acids is 1. The summed E-state index contributed by atoms with van der Waals surface area (Å²) in [6, 6.07) is -1.02. The quantitative estimate of drug-likeness (QED) is 0.712. The molecule has 1 aliphatic rings. The summed E-state index contributed by atoms with van der Waals surface area (Å²) in [7, 11) is 0. The number of halogens is 2. The smallest absolute Gasteiger partial charge is 0.268 e. The van der Waals surface area contributed by atoms with Gasteiger partial charge in [-0.1, -0.05) is 12.2 Å². The van der Waals surface area contributed by atoms with Gasteiger partial charge in [-0.05, 0) is 6.92 Å². The molecule has 0 radical (unpaired) electrons. The van der Waals surface area contributed by atoms with E-state index in [-0.39, 0.29) is 5.78 Å². The number of ketones is 1. The number of dihydropyridines is 1. The molecule has 72 valence electrons. The molecule has 0 aromatic rings. The summed E-state index contributed by atoms with van der Waals surface area (Å²) in [4.78, 5) is 10.8. The summed E-state index contributed by atoms with van der Waals surface area (Å²) in [5.74, 6) is -2.95. The zero-order valence-corrected chi connectivity index (χ0v) is 7.47. The van der Waals surface area contributed by atoms with E-state index in [9.17, 15) is 13.6 Å². The Bertz CT molecular complexity index is 276. The minimum absolute atomic E-state index is 0.137. The van der Waals surface area contributed by atoms with E-state index >= 15 is 0 Å². The van der Waals surface area contributed by atoms with Gasteiger partial charge in [-0.25, -0.2) is 8.78 Å². The first-order valence-corrected chi connectivity index (χ1v) is 3.94. The average molecular weight is 187 g/mol. The monoisotopic (exact) mass is 187 g/mol. The molecule has 1 aliphatic heterocycles. The van der Waals surface area contributed by atoms with Crippen molar-refractivity contribution >= 4 is 5.78 Å². The third-order valence-electron chi connectivity index (χ3n) is 1.84. The molecule has 2 nitrogen and oxygen atoms in total. The SMILES string of the molecule is CC(=O)C1=CNC(C(C)(F)F)C=C1. The molecule has 1 rings (SSSR count). The first-order valence-electron chi connectivity index (χ1n) is 3.94. The molecule has 1 atom stereocenters. The largest absolute Gasteiger partial charge is 0.379 e. The lowest BCUT2D eigenvalue weighted by molar-refractivity contribution is -0.113. The highest BCUT2D eigenvalue weighted by atomic mass is 19.3. The Morgan fingerprint density at radius 1 is 1.62 bits per heavy atom. The minimum Gasteiger partial charge on any atom is -0.379 e. The van der Waals surface area contributed by atoms with Crippen molar-refractivity contribution < 1.29 is 13.6 Å². The van der Waals surface area contributed by atoms with Gasteiger partial charge in [0, 0.05) is 18.7 Å². The molecule has 0 aromatic carbocycles. The van der Waals surface area contributed by atoms with Crippen LogP contribution in [-0.4, -0.2) is 17.7 Å². The van der Waals surface area contributed by atoms with E-state index in [2.05, 4.69) is 5.32 Å². The number of Topliss-reactive ketones (excluding diaryl/α,β-unsaturated/α-hetero) is 1. The predicted octanol–water partition coefficient (Wildman–Crippen LogP) is 1.64. The van der Waals surface area contributed by atoms with E-state index < -0.39 is 12.0 Å². The number of rotatable bonds is 2. The van der Waals surface area contributed by atoms with Gasteiger partial charge in [0.2, 0.25) is 0 Å². The van der Waals surface area contributed by atoms with Crippen LogP contribution in [0.5, 0.6) is 0 Å². The van der Waals surface area contributed by atoms with Crippen LogP contribution < -0.4 is 5.32 Å². The normalized spacial score (nSPS) is 22.2. The lowest BCUT2D eigenvalue weighted by atomic mass is 10.0. The van der Waals surface area contributed by atoms with E-state index in [1.54, 1.807) is 0 Å². The van der Waals surface area contributed by atoms with Gasteiger partial charge in [-0.15, -0.1) is 0 Å². The fourth-order valence-corrected chi connectivity index (χ4v) is 1.02. The number of hydrogen-bond acceptors (Lipinski definition) is 2. The van der Waals surface area contributed by atoms with Gasteiger partial charge in [0.25, 0.3) is 5.92 Å². The minimum atomic E-state index is -2.81. The zero-order chi connectivity index (χ0) is 10.1. The van der Waals surface area contributed by atoms with Crippen LogP contribution in [0.1, 0.15) is 13.8 Å². The van der Waals surface area contributed by atoms with Gasteiger partial charge in [0.1, 0.15) is 6.04 Å². The van der Waals surface area contributed by atoms with E-state index in [1.807, 2.05) is 0 Å². The fourth-order valence-electron chi connectivity index (χ4n) is 1.02. The zero-order valence-electron chi connectivity index (χ0n) is 7.47. The summed E-state index contributed by atoms with van der Waals surface area (Å²) in [5.41, 5.74) is 0.417. The third kappa shape index (κ3) is 2.37. The molecule has 0 bridgehead atoms. The van der Waals surface area contributed by atoms with Gasteiger partial charge in [-0.2, -0.15) is 0 Å². The summed E-state index contributed by atoms with van der Waals surface area (Å²) in [6.07, 6.45) is 4.04. The molecule has 0 aliphatic carbocycles. The predicted molar refractivity (Wildman–Crippen MR) is 45.4 cm³/mol. The maximum absolute atomic E-state index is 12.7. The Morgan fingerprint density at radius 3 is 2.54 bits per heavy atom. The Kier molecular flexibility index (Phi) is 2.50. The average Bonchev–Trinajstić information content (AvgIpc) is 2.03. The number of allylic oxidation sites excluding steroid dienone is 2. The maximum Gasteiger partial charge on any atom is 0.268 e. The molecule has 1 N–H and O–H groups in total. The molecular weight excluding hydrogens is 176 g/mol. The lowest BCUT2D eigenvalue weighted by Gasteiger charge is -2.23. The number of nitrogens with one attached hydrogen (secondary N) is 1. The number of alkyl halides is 2. The van der Waals surface area contributed by atoms with E-state index in [0.29, 0.717) is 5.57 Å². The van der Waals surface area contributed by atoms with Crippen molar-refractivity contribution in [3.8, 4) is 0 Å². The van der Waals surface area contributed by atoms with Crippen molar-refractivity contribution in [2.75, 3.05) is 0 Å². The second-order valence-electron chi connectivity index (χ2n) is 3.12. The second-order valence-corrected chi connectivity index (χ2v) is 3.12. The van der Waals surface area contributed by atoms with Crippen LogP contribution in [0.15, 0.2) is 23.9 Å². The standard InChI is InChI=1S/C9H11F2NO/c1-6(13)7-3-4-8(12-5-7)9(2,10)11/h3-5,8,12H,1-2H3. The molecule has 0 saturated heterocycles. The summed E-state index contributed by atoms with van der Waals surface area (Å²) >= 11 is 0. The highest BCUT2D eigenvalue weighted by Crippen LogP contribution is 2.21. The van der Waals surface area contributed by atoms with Crippen molar-refractivity contribution in [1.29, 1.82) is 0 Å². The molecule has 0 spiro atoms. The van der Waals surface area contributed by atoms with Gasteiger partial charge in [0.15, 0.2) is 5.78 Å². The molecule has 0 aromatic heterocycles. The van der Waals surface area contributed by atoms with Gasteiger partial charge in [-0.3, -0.25) is 4.79 Å². The molecule has 0 fully saturated rings. The topological polar surface area (TPSA) is 29.1 Å². The van der Waals surface area contributed by atoms with Crippen molar-refractivity contribution in [3.05, 3.63) is 23.9 Å². The lowest BCUT2D eigenvalue weighted by Crippen LogP contribution is -2.40. The Hall–Kier alpha value is -1.19. The van der Waals surface area contributed by atoms with E-state index in [0.717, 1.165) is 6.92 Å². The van der Waals surface area contributed by atoms with Crippen LogP contribution in [0.25, 0.3) is 0 Å². The molecule has 13 heavy (non-hydrogen) atoms. The van der Waals surface area contributed by atoms with Crippen LogP contribution in [0.4, 0.5) is 8.78 Å². The molecule has 1 unspecified atom stereocenters. The Morgan fingerprint density at radius 2 is 2.23 bits per heavy atom. The highest BCUT2D eigenvalue weighted by Gasteiger charge is 2.32.